The van der Waals surface area contributed by atoms with Crippen LogP contribution < -0.4 is 0 Å². The Labute approximate surface area is 145 Å². The van der Waals surface area contributed by atoms with Crippen LogP contribution in [0.25, 0.3) is 11.1 Å². The maximum atomic E-state index is 14.5. The first-order chi connectivity index (χ1) is 12.0. The minimum Gasteiger partial charge on any atom is -0.206 e. The molecule has 0 amide bonds. The molecular formula is C21H22F4. The van der Waals surface area contributed by atoms with Gasteiger partial charge in [0.2, 0.25) is 0 Å². The van der Waals surface area contributed by atoms with E-state index in [9.17, 15) is 17.6 Å². The lowest BCUT2D eigenvalue weighted by molar-refractivity contribution is 0.307. The molecule has 0 aromatic heterocycles. The predicted molar refractivity (Wildman–Crippen MR) is 91.3 cm³/mol. The summed E-state index contributed by atoms with van der Waals surface area (Å²) in [4.78, 5) is 0. The highest BCUT2D eigenvalue weighted by Crippen LogP contribution is 2.39. The van der Waals surface area contributed by atoms with Gasteiger partial charge in [-0.25, -0.2) is 17.6 Å². The van der Waals surface area contributed by atoms with Gasteiger partial charge < -0.3 is 0 Å². The zero-order chi connectivity index (χ0) is 18.0. The van der Waals surface area contributed by atoms with Crippen molar-refractivity contribution >= 4 is 0 Å². The van der Waals surface area contributed by atoms with E-state index in [4.69, 9.17) is 0 Å². The molecule has 0 nitrogen and oxygen atoms in total. The van der Waals surface area contributed by atoms with Crippen molar-refractivity contribution in [1.82, 2.24) is 0 Å². The number of hydrogen-bond donors (Lipinski definition) is 0. The van der Waals surface area contributed by atoms with Gasteiger partial charge in [0.1, 0.15) is 11.6 Å². The Hall–Kier alpha value is -1.84. The molecule has 0 radical (unpaired) electrons. The van der Waals surface area contributed by atoms with Crippen molar-refractivity contribution in [3.63, 3.8) is 0 Å². The molecule has 0 atom stereocenters. The van der Waals surface area contributed by atoms with Crippen LogP contribution in [-0.2, 0) is 0 Å². The minimum absolute atomic E-state index is 0.00658. The van der Waals surface area contributed by atoms with Crippen molar-refractivity contribution in [3.05, 3.63) is 59.2 Å². The molecule has 1 saturated carbocycles. The maximum absolute atomic E-state index is 14.5. The van der Waals surface area contributed by atoms with E-state index in [-0.39, 0.29) is 17.0 Å². The quantitative estimate of drug-likeness (QED) is 0.522. The summed E-state index contributed by atoms with van der Waals surface area (Å²) in [7, 11) is 0. The smallest absolute Gasteiger partial charge is 0.159 e. The molecule has 1 aliphatic carbocycles. The van der Waals surface area contributed by atoms with Crippen LogP contribution >= 0.6 is 0 Å². The fourth-order valence-corrected chi connectivity index (χ4v) is 3.95. The first-order valence-corrected chi connectivity index (χ1v) is 8.94. The van der Waals surface area contributed by atoms with Crippen LogP contribution in [0.3, 0.4) is 0 Å². The van der Waals surface area contributed by atoms with Crippen molar-refractivity contribution in [2.24, 2.45) is 5.92 Å². The summed E-state index contributed by atoms with van der Waals surface area (Å²) in [5, 5.41) is 0. The maximum Gasteiger partial charge on any atom is 0.159 e. The normalized spacial score (nSPS) is 20.7. The Bertz CT molecular complexity index is 723. The molecule has 0 unspecified atom stereocenters. The molecule has 2 aromatic carbocycles. The van der Waals surface area contributed by atoms with E-state index in [1.165, 1.54) is 31.0 Å². The average Bonchev–Trinajstić information content (AvgIpc) is 2.58. The second-order valence-corrected chi connectivity index (χ2v) is 6.99. The van der Waals surface area contributed by atoms with E-state index in [2.05, 4.69) is 6.92 Å². The Morgan fingerprint density at radius 3 is 2.00 bits per heavy atom. The van der Waals surface area contributed by atoms with Crippen molar-refractivity contribution in [2.45, 2.75) is 51.4 Å². The second-order valence-electron chi connectivity index (χ2n) is 6.99. The summed E-state index contributed by atoms with van der Waals surface area (Å²) in [6.45, 7) is 2.17. The summed E-state index contributed by atoms with van der Waals surface area (Å²) >= 11 is 0. The summed E-state index contributed by atoms with van der Waals surface area (Å²) in [6.07, 6.45) is 6.44. The predicted octanol–water partition coefficient (Wildman–Crippen LogP) is 6.98. The standard InChI is InChI=1S/C21H22F4/c1-2-3-13-4-6-14(7-5-13)16-11-19(24)21(20(25)12-16)15-8-9-17(22)18(23)10-15/h8-14H,2-7H2,1H3/t13-,14-. The lowest BCUT2D eigenvalue weighted by Gasteiger charge is -2.29. The van der Waals surface area contributed by atoms with E-state index in [0.717, 1.165) is 43.7 Å². The minimum atomic E-state index is -1.12. The van der Waals surface area contributed by atoms with Crippen LogP contribution in [0.5, 0.6) is 0 Å². The average molecular weight is 350 g/mol. The number of rotatable bonds is 4. The van der Waals surface area contributed by atoms with Crippen molar-refractivity contribution in [1.29, 1.82) is 0 Å². The Balaban J connectivity index is 1.84. The Kier molecular flexibility index (Phi) is 5.45. The number of halogens is 4. The molecule has 4 heteroatoms. The summed E-state index contributed by atoms with van der Waals surface area (Å²) in [6, 6.07) is 5.60. The third-order valence-electron chi connectivity index (χ3n) is 5.29. The van der Waals surface area contributed by atoms with Gasteiger partial charge in [-0.2, -0.15) is 0 Å². The lowest BCUT2D eigenvalue weighted by Crippen LogP contribution is -2.13. The summed E-state index contributed by atoms with van der Waals surface area (Å²) in [5.41, 5.74) is 0.366. The molecule has 2 aromatic rings. The molecule has 1 fully saturated rings. The summed E-state index contributed by atoms with van der Waals surface area (Å²) in [5.74, 6) is -2.72. The second kappa shape index (κ2) is 7.59. The van der Waals surface area contributed by atoms with Gasteiger partial charge in [-0.15, -0.1) is 0 Å². The van der Waals surface area contributed by atoms with E-state index in [1.807, 2.05) is 0 Å². The van der Waals surface area contributed by atoms with Crippen LogP contribution in [0, 0.1) is 29.2 Å². The van der Waals surface area contributed by atoms with E-state index in [0.29, 0.717) is 5.56 Å². The molecule has 0 aliphatic heterocycles. The highest BCUT2D eigenvalue weighted by Gasteiger charge is 2.24. The van der Waals surface area contributed by atoms with E-state index in [1.54, 1.807) is 0 Å². The molecule has 134 valence electrons. The van der Waals surface area contributed by atoms with E-state index >= 15 is 0 Å². The van der Waals surface area contributed by atoms with Crippen LogP contribution in [0.1, 0.15) is 56.9 Å². The molecule has 0 N–H and O–H groups in total. The highest BCUT2D eigenvalue weighted by molar-refractivity contribution is 5.65. The Morgan fingerprint density at radius 2 is 1.44 bits per heavy atom. The summed E-state index contributed by atoms with van der Waals surface area (Å²) < 4.78 is 55.5. The molecule has 25 heavy (non-hydrogen) atoms. The largest absolute Gasteiger partial charge is 0.206 e. The molecule has 0 spiro atoms. The van der Waals surface area contributed by atoms with Crippen molar-refractivity contribution in [2.75, 3.05) is 0 Å². The zero-order valence-electron chi connectivity index (χ0n) is 14.3. The first kappa shape index (κ1) is 18.0. The van der Waals surface area contributed by atoms with Gasteiger partial charge in [-0.1, -0.05) is 25.8 Å². The SMILES string of the molecule is CCC[C@H]1CC[C@H](c2cc(F)c(-c3ccc(F)c(F)c3)c(F)c2)CC1. The fraction of sp³-hybridized carbons (Fsp3) is 0.429. The van der Waals surface area contributed by atoms with Crippen molar-refractivity contribution < 1.29 is 17.6 Å². The van der Waals surface area contributed by atoms with Crippen LogP contribution in [-0.4, -0.2) is 0 Å². The third-order valence-corrected chi connectivity index (χ3v) is 5.29. The van der Waals surface area contributed by atoms with Gasteiger partial charge in [-0.3, -0.25) is 0 Å². The van der Waals surface area contributed by atoms with E-state index < -0.39 is 23.3 Å². The molecule has 3 rings (SSSR count). The van der Waals surface area contributed by atoms with Gasteiger partial charge in [0.15, 0.2) is 11.6 Å². The van der Waals surface area contributed by atoms with Crippen LogP contribution in [0.2, 0.25) is 0 Å². The topological polar surface area (TPSA) is 0 Å². The highest BCUT2D eigenvalue weighted by atomic mass is 19.2. The third kappa shape index (κ3) is 3.88. The fourth-order valence-electron chi connectivity index (χ4n) is 3.95. The monoisotopic (exact) mass is 350 g/mol. The Morgan fingerprint density at radius 1 is 0.800 bits per heavy atom. The van der Waals surface area contributed by atoms with Gasteiger partial charge >= 0.3 is 0 Å². The number of benzene rings is 2. The molecule has 1 aliphatic rings. The first-order valence-electron chi connectivity index (χ1n) is 8.94. The number of hydrogen-bond acceptors (Lipinski definition) is 0. The van der Waals surface area contributed by atoms with Crippen molar-refractivity contribution in [3.8, 4) is 11.1 Å². The molecule has 0 bridgehead atoms. The molecule has 0 saturated heterocycles. The molecule has 0 heterocycles. The zero-order valence-corrected chi connectivity index (χ0v) is 14.3. The molecular weight excluding hydrogens is 328 g/mol. The van der Waals surface area contributed by atoms with Gasteiger partial charge in [0.25, 0.3) is 0 Å². The van der Waals surface area contributed by atoms with Gasteiger partial charge in [0, 0.05) is 0 Å². The van der Waals surface area contributed by atoms with Gasteiger partial charge in [-0.05, 0) is 72.9 Å². The van der Waals surface area contributed by atoms with Gasteiger partial charge in [0.05, 0.1) is 5.56 Å². The lowest BCUT2D eigenvalue weighted by atomic mass is 9.77. The van der Waals surface area contributed by atoms with Crippen LogP contribution in [0.4, 0.5) is 17.6 Å². The van der Waals surface area contributed by atoms with Crippen LogP contribution in [0.15, 0.2) is 30.3 Å².